The lowest BCUT2D eigenvalue weighted by Crippen LogP contribution is -2.30. The van der Waals surface area contributed by atoms with Crippen LogP contribution in [0, 0.1) is 11.8 Å². The zero-order valence-corrected chi connectivity index (χ0v) is 64.5. The van der Waals surface area contributed by atoms with Gasteiger partial charge in [-0.3, -0.25) is 37.3 Å². The molecule has 0 aromatic heterocycles. The van der Waals surface area contributed by atoms with Gasteiger partial charge in [-0.1, -0.05) is 350 Å². The number of carbonyl (C=O) groups excluding carboxylic acids is 4. The Morgan fingerprint density at radius 2 is 0.479 bits per heavy atom. The number of carbonyl (C=O) groups is 4. The van der Waals surface area contributed by atoms with Gasteiger partial charge in [0, 0.05) is 25.7 Å². The Hall–Kier alpha value is -1.94. The van der Waals surface area contributed by atoms with Crippen LogP contribution in [0.3, 0.4) is 0 Å². The van der Waals surface area contributed by atoms with Crippen molar-refractivity contribution in [3.05, 3.63) is 0 Å². The lowest BCUT2D eigenvalue weighted by molar-refractivity contribution is -0.161. The molecule has 2 unspecified atom stereocenters. The van der Waals surface area contributed by atoms with E-state index in [1.165, 1.54) is 218 Å². The normalized spacial score (nSPS) is 14.0. The Balaban J connectivity index is 5.23. The van der Waals surface area contributed by atoms with Crippen LogP contribution in [0.25, 0.3) is 0 Å². The van der Waals surface area contributed by atoms with Gasteiger partial charge in [0.05, 0.1) is 26.4 Å². The van der Waals surface area contributed by atoms with Crippen molar-refractivity contribution in [1.29, 1.82) is 0 Å². The van der Waals surface area contributed by atoms with Crippen LogP contribution in [0.2, 0.25) is 0 Å². The van der Waals surface area contributed by atoms with Gasteiger partial charge < -0.3 is 33.8 Å². The van der Waals surface area contributed by atoms with Crippen molar-refractivity contribution in [2.24, 2.45) is 11.8 Å². The summed E-state index contributed by atoms with van der Waals surface area (Å²) in [5.41, 5.74) is 0. The van der Waals surface area contributed by atoms with E-state index in [1.807, 2.05) is 0 Å². The topological polar surface area (TPSA) is 237 Å². The molecule has 19 heteroatoms. The zero-order valence-electron chi connectivity index (χ0n) is 62.7. The molecule has 17 nitrogen and oxygen atoms in total. The van der Waals surface area contributed by atoms with Gasteiger partial charge in [0.1, 0.15) is 19.3 Å². The molecule has 96 heavy (non-hydrogen) atoms. The SMILES string of the molecule is CCCCCCCCCCCCCCCCC(=O)O[C@H](COC(=O)CCCCCCCCCCC)COP(=O)(O)OC[C@H](O)COP(=O)(O)OC[C@@H](COC(=O)CCCCCCCCCCCCCCCC(C)C)OC(=O)CCCCCCCCCCCCCCCCC(C)C. The van der Waals surface area contributed by atoms with Gasteiger partial charge in [-0.15, -0.1) is 0 Å². The highest BCUT2D eigenvalue weighted by Gasteiger charge is 2.30. The summed E-state index contributed by atoms with van der Waals surface area (Å²) in [6, 6.07) is 0. The first-order valence-electron chi connectivity index (χ1n) is 40.0. The number of esters is 4. The van der Waals surface area contributed by atoms with E-state index < -0.39 is 97.5 Å². The molecule has 0 saturated carbocycles. The first kappa shape index (κ1) is 94.1. The Labute approximate surface area is 588 Å². The Morgan fingerprint density at radius 3 is 0.708 bits per heavy atom. The molecule has 0 aliphatic heterocycles. The van der Waals surface area contributed by atoms with E-state index in [1.54, 1.807) is 0 Å². The molecule has 0 fully saturated rings. The molecule has 0 aromatic rings. The van der Waals surface area contributed by atoms with Crippen molar-refractivity contribution >= 4 is 39.5 Å². The van der Waals surface area contributed by atoms with Gasteiger partial charge in [-0.2, -0.15) is 0 Å². The second-order valence-corrected chi connectivity index (χ2v) is 31.6. The number of ether oxygens (including phenoxy) is 4. The van der Waals surface area contributed by atoms with Gasteiger partial charge in [0.2, 0.25) is 0 Å². The van der Waals surface area contributed by atoms with Crippen LogP contribution >= 0.6 is 15.6 Å². The highest BCUT2D eigenvalue weighted by atomic mass is 31.2. The Bertz CT molecular complexity index is 1860. The lowest BCUT2D eigenvalue weighted by Gasteiger charge is -2.21. The summed E-state index contributed by atoms with van der Waals surface area (Å²) in [7, 11) is -9.91. The largest absolute Gasteiger partial charge is 0.472 e. The number of phosphoric ester groups is 2. The number of unbranched alkanes of at least 4 members (excludes halogenated alkanes) is 46. The molecule has 0 heterocycles. The summed E-state index contributed by atoms with van der Waals surface area (Å²) in [4.78, 5) is 72.8. The predicted molar refractivity (Wildman–Crippen MR) is 391 cm³/mol. The molecular formula is C77H150O17P2. The molecule has 0 radical (unpaired) electrons. The van der Waals surface area contributed by atoms with Crippen LogP contribution in [0.1, 0.15) is 401 Å². The van der Waals surface area contributed by atoms with E-state index in [0.717, 1.165) is 102 Å². The fraction of sp³-hybridized carbons (Fsp3) is 0.948. The zero-order chi connectivity index (χ0) is 70.7. The molecule has 0 bridgehead atoms. The second-order valence-electron chi connectivity index (χ2n) is 28.7. The molecule has 3 N–H and O–H groups in total. The summed E-state index contributed by atoms with van der Waals surface area (Å²) < 4.78 is 68.6. The van der Waals surface area contributed by atoms with Crippen LogP contribution in [0.15, 0.2) is 0 Å². The highest BCUT2D eigenvalue weighted by Crippen LogP contribution is 2.45. The van der Waals surface area contributed by atoms with Crippen LogP contribution in [-0.4, -0.2) is 96.7 Å². The minimum atomic E-state index is -4.96. The molecular weight excluding hydrogens is 1260 g/mol. The van der Waals surface area contributed by atoms with Crippen molar-refractivity contribution in [2.45, 2.75) is 419 Å². The summed E-state index contributed by atoms with van der Waals surface area (Å²) >= 11 is 0. The summed E-state index contributed by atoms with van der Waals surface area (Å²) in [6.07, 6.45) is 56.7. The van der Waals surface area contributed by atoms with E-state index in [9.17, 15) is 43.2 Å². The fourth-order valence-electron chi connectivity index (χ4n) is 11.8. The quantitative estimate of drug-likeness (QED) is 0.0222. The van der Waals surface area contributed by atoms with Crippen molar-refractivity contribution in [2.75, 3.05) is 39.6 Å². The van der Waals surface area contributed by atoms with E-state index >= 15 is 0 Å². The maximum absolute atomic E-state index is 13.1. The minimum Gasteiger partial charge on any atom is -0.462 e. The predicted octanol–water partition coefficient (Wildman–Crippen LogP) is 22.7. The van der Waals surface area contributed by atoms with Crippen LogP contribution in [0.4, 0.5) is 0 Å². The molecule has 5 atom stereocenters. The molecule has 0 amide bonds. The molecule has 0 rings (SSSR count). The molecule has 0 aromatic carbocycles. The molecule has 0 saturated heterocycles. The molecule has 570 valence electrons. The first-order chi connectivity index (χ1) is 46.4. The molecule has 0 aliphatic carbocycles. The monoisotopic (exact) mass is 1410 g/mol. The lowest BCUT2D eigenvalue weighted by atomic mass is 10.0. The molecule has 0 spiro atoms. The third-order valence-corrected chi connectivity index (χ3v) is 19.9. The maximum atomic E-state index is 13.1. The van der Waals surface area contributed by atoms with Gasteiger partial charge in [-0.05, 0) is 37.5 Å². The van der Waals surface area contributed by atoms with Gasteiger partial charge in [0.25, 0.3) is 0 Å². The van der Waals surface area contributed by atoms with E-state index in [0.29, 0.717) is 25.7 Å². The standard InChI is InChI=1S/C77H150O17P2/c1-7-9-11-13-15-17-18-19-25-31-37-43-49-55-61-76(81)93-72(65-87-74(79)59-53-47-41-33-16-14-12-10-8-2)67-91-95(83,84)89-63-71(78)64-90-96(85,86)92-68-73(66-88-75(80)60-54-48-42-36-30-27-22-24-29-35-40-46-52-58-70(5)6)94-77(82)62-56-50-44-38-32-26-21-20-23-28-34-39-45-51-57-69(3)4/h69-73,78H,7-68H2,1-6H3,(H,83,84)(H,85,86)/t71-,72+,73+/m0/s1. The number of phosphoric acid groups is 2. The average molecular weight is 1410 g/mol. The second kappa shape index (κ2) is 68.8. The summed E-state index contributed by atoms with van der Waals surface area (Å²) in [5.74, 6) is -0.527. The van der Waals surface area contributed by atoms with Gasteiger partial charge >= 0.3 is 39.5 Å². The van der Waals surface area contributed by atoms with Crippen molar-refractivity contribution in [3.63, 3.8) is 0 Å². The number of aliphatic hydroxyl groups excluding tert-OH is 1. The van der Waals surface area contributed by atoms with Gasteiger partial charge in [0.15, 0.2) is 12.2 Å². The summed E-state index contributed by atoms with van der Waals surface area (Å²) in [5, 5.41) is 10.6. The molecule has 0 aliphatic rings. The van der Waals surface area contributed by atoms with Crippen molar-refractivity contribution < 1.29 is 80.2 Å². The third-order valence-electron chi connectivity index (χ3n) is 18.0. The smallest absolute Gasteiger partial charge is 0.462 e. The van der Waals surface area contributed by atoms with E-state index in [-0.39, 0.29) is 25.7 Å². The van der Waals surface area contributed by atoms with Crippen LogP contribution in [-0.2, 0) is 65.4 Å². The van der Waals surface area contributed by atoms with Crippen LogP contribution < -0.4 is 0 Å². The number of aliphatic hydroxyl groups is 1. The van der Waals surface area contributed by atoms with Crippen molar-refractivity contribution in [1.82, 2.24) is 0 Å². The minimum absolute atomic E-state index is 0.108. The number of rotatable bonds is 76. The Kier molecular flexibility index (Phi) is 67.4. The maximum Gasteiger partial charge on any atom is 0.472 e. The van der Waals surface area contributed by atoms with Crippen molar-refractivity contribution in [3.8, 4) is 0 Å². The summed E-state index contributed by atoms with van der Waals surface area (Å²) in [6.45, 7) is 9.64. The number of hydrogen-bond donors (Lipinski definition) is 3. The fourth-order valence-corrected chi connectivity index (χ4v) is 13.4. The van der Waals surface area contributed by atoms with E-state index in [4.69, 9.17) is 37.0 Å². The average Bonchev–Trinajstić information content (AvgIpc) is 2.01. The highest BCUT2D eigenvalue weighted by molar-refractivity contribution is 7.47. The number of hydrogen-bond acceptors (Lipinski definition) is 15. The Morgan fingerprint density at radius 1 is 0.281 bits per heavy atom. The van der Waals surface area contributed by atoms with Gasteiger partial charge in [-0.25, -0.2) is 9.13 Å². The van der Waals surface area contributed by atoms with Crippen LogP contribution in [0.5, 0.6) is 0 Å². The third kappa shape index (κ3) is 70.5. The van der Waals surface area contributed by atoms with E-state index in [2.05, 4.69) is 41.5 Å². The first-order valence-corrected chi connectivity index (χ1v) is 43.0.